The van der Waals surface area contributed by atoms with E-state index in [0.29, 0.717) is 0 Å². The van der Waals surface area contributed by atoms with Gasteiger partial charge >= 0.3 is 0 Å². The van der Waals surface area contributed by atoms with Crippen LogP contribution in [0.15, 0.2) is 16.8 Å². The van der Waals surface area contributed by atoms with Crippen molar-refractivity contribution in [2.45, 2.75) is 13.0 Å². The van der Waals surface area contributed by atoms with Gasteiger partial charge in [0, 0.05) is 0 Å². The van der Waals surface area contributed by atoms with Crippen LogP contribution in [0.5, 0.6) is 0 Å². The van der Waals surface area contributed by atoms with Crippen molar-refractivity contribution in [3.05, 3.63) is 22.4 Å². The molecule has 0 aliphatic carbocycles. The highest BCUT2D eigenvalue weighted by atomic mass is 35.5. The molecule has 66 valence electrons. The van der Waals surface area contributed by atoms with E-state index in [2.05, 4.69) is 5.32 Å². The molecular weight excluding hydrogens is 194 g/mol. The number of hydrogen-bond donors (Lipinski definition) is 1. The van der Waals surface area contributed by atoms with E-state index in [-0.39, 0.29) is 17.8 Å². The summed E-state index contributed by atoms with van der Waals surface area (Å²) in [7, 11) is 0. The molecular formula is C8H10ClNOS. The monoisotopic (exact) mass is 203 g/mol. The Balaban J connectivity index is 2.49. The number of nitrogens with one attached hydrogen (secondary N) is 1. The largest absolute Gasteiger partial charge is 0.349 e. The van der Waals surface area contributed by atoms with Gasteiger partial charge in [-0.1, -0.05) is 0 Å². The Labute approximate surface area is 80.5 Å². The first-order chi connectivity index (χ1) is 5.74. The van der Waals surface area contributed by atoms with Crippen molar-refractivity contribution in [3.8, 4) is 0 Å². The second kappa shape index (κ2) is 4.48. The second-order valence-electron chi connectivity index (χ2n) is 2.48. The molecule has 1 aromatic rings. The number of rotatable bonds is 3. The highest BCUT2D eigenvalue weighted by Gasteiger charge is 2.07. The summed E-state index contributed by atoms with van der Waals surface area (Å²) >= 11 is 6.97. The van der Waals surface area contributed by atoms with Crippen LogP contribution in [-0.2, 0) is 4.79 Å². The summed E-state index contributed by atoms with van der Waals surface area (Å²) < 4.78 is 0. The van der Waals surface area contributed by atoms with E-state index in [9.17, 15) is 4.79 Å². The molecule has 12 heavy (non-hydrogen) atoms. The van der Waals surface area contributed by atoms with Gasteiger partial charge in [0.15, 0.2) is 0 Å². The molecule has 0 fully saturated rings. The average molecular weight is 204 g/mol. The number of thiophene rings is 1. The lowest BCUT2D eigenvalue weighted by Crippen LogP contribution is -2.27. The van der Waals surface area contributed by atoms with E-state index in [0.717, 1.165) is 5.56 Å². The van der Waals surface area contributed by atoms with Gasteiger partial charge in [0.05, 0.1) is 6.04 Å². The van der Waals surface area contributed by atoms with Crippen molar-refractivity contribution in [1.82, 2.24) is 5.32 Å². The third-order valence-electron chi connectivity index (χ3n) is 1.54. The third kappa shape index (κ3) is 2.50. The molecule has 1 atom stereocenters. The van der Waals surface area contributed by atoms with Crippen LogP contribution in [0.1, 0.15) is 18.5 Å². The maximum atomic E-state index is 10.9. The molecule has 0 spiro atoms. The summed E-state index contributed by atoms with van der Waals surface area (Å²) in [6, 6.07) is 2.05. The van der Waals surface area contributed by atoms with Crippen LogP contribution < -0.4 is 5.32 Å². The summed E-state index contributed by atoms with van der Waals surface area (Å²) in [6.07, 6.45) is 0. The minimum atomic E-state index is -0.129. The average Bonchev–Trinajstić information content (AvgIpc) is 2.56. The van der Waals surface area contributed by atoms with Crippen molar-refractivity contribution >= 4 is 28.8 Å². The van der Waals surface area contributed by atoms with Gasteiger partial charge in [-0.05, 0) is 29.3 Å². The number of hydrogen-bond acceptors (Lipinski definition) is 2. The summed E-state index contributed by atoms with van der Waals surface area (Å²) in [5.74, 6) is -0.107. The Hall–Kier alpha value is -0.540. The molecule has 2 nitrogen and oxygen atoms in total. The Morgan fingerprint density at radius 2 is 2.58 bits per heavy atom. The summed E-state index contributed by atoms with van der Waals surface area (Å²) in [6.45, 7) is 1.94. The maximum absolute atomic E-state index is 10.9. The van der Waals surface area contributed by atoms with Crippen LogP contribution >= 0.6 is 22.9 Å². The van der Waals surface area contributed by atoms with E-state index in [4.69, 9.17) is 11.6 Å². The Morgan fingerprint density at radius 3 is 3.08 bits per heavy atom. The van der Waals surface area contributed by atoms with Crippen molar-refractivity contribution in [3.63, 3.8) is 0 Å². The lowest BCUT2D eigenvalue weighted by atomic mass is 10.2. The molecule has 0 aliphatic rings. The molecule has 1 heterocycles. The normalized spacial score (nSPS) is 12.5. The fourth-order valence-corrected chi connectivity index (χ4v) is 1.72. The molecule has 1 N–H and O–H groups in total. The highest BCUT2D eigenvalue weighted by Crippen LogP contribution is 2.15. The zero-order chi connectivity index (χ0) is 8.97. The summed E-state index contributed by atoms with van der Waals surface area (Å²) in [4.78, 5) is 10.9. The van der Waals surface area contributed by atoms with Crippen LogP contribution in [0.2, 0.25) is 0 Å². The van der Waals surface area contributed by atoms with Crippen LogP contribution in [0.4, 0.5) is 0 Å². The molecule has 1 rings (SSSR count). The summed E-state index contributed by atoms with van der Waals surface area (Å²) in [5.41, 5.74) is 1.12. The molecule has 0 aliphatic heterocycles. The maximum Gasteiger partial charge on any atom is 0.235 e. The van der Waals surface area contributed by atoms with E-state index in [1.807, 2.05) is 23.8 Å². The van der Waals surface area contributed by atoms with Gasteiger partial charge in [-0.15, -0.1) is 11.6 Å². The van der Waals surface area contributed by atoms with Gasteiger partial charge < -0.3 is 5.32 Å². The SMILES string of the molecule is C[C@@H](NC(=O)CCl)c1ccsc1. The molecule has 1 amide bonds. The minimum absolute atomic E-state index is 0.0223. The number of carbonyl (C=O) groups is 1. The van der Waals surface area contributed by atoms with Gasteiger partial charge in [-0.25, -0.2) is 0 Å². The predicted molar refractivity (Wildman–Crippen MR) is 51.6 cm³/mol. The third-order valence-corrected chi connectivity index (χ3v) is 2.49. The van der Waals surface area contributed by atoms with Gasteiger partial charge in [-0.3, -0.25) is 4.79 Å². The molecule has 0 aromatic carbocycles. The van der Waals surface area contributed by atoms with Crippen molar-refractivity contribution in [2.24, 2.45) is 0 Å². The fraction of sp³-hybridized carbons (Fsp3) is 0.375. The first kappa shape index (κ1) is 9.55. The smallest absolute Gasteiger partial charge is 0.235 e. The van der Waals surface area contributed by atoms with Crippen LogP contribution in [0, 0.1) is 0 Å². The highest BCUT2D eigenvalue weighted by molar-refractivity contribution is 7.07. The van der Waals surface area contributed by atoms with Gasteiger partial charge in [0.1, 0.15) is 5.88 Å². The minimum Gasteiger partial charge on any atom is -0.349 e. The lowest BCUT2D eigenvalue weighted by Gasteiger charge is -2.10. The first-order valence-electron chi connectivity index (χ1n) is 3.61. The van der Waals surface area contributed by atoms with E-state index < -0.39 is 0 Å². The fourth-order valence-electron chi connectivity index (χ4n) is 0.885. The van der Waals surface area contributed by atoms with E-state index in [1.54, 1.807) is 11.3 Å². The number of amides is 1. The van der Waals surface area contributed by atoms with E-state index >= 15 is 0 Å². The molecule has 0 saturated carbocycles. The zero-order valence-corrected chi connectivity index (χ0v) is 8.28. The Kier molecular flexibility index (Phi) is 3.56. The van der Waals surface area contributed by atoms with Crippen LogP contribution in [0.3, 0.4) is 0 Å². The molecule has 1 aromatic heterocycles. The number of alkyl halides is 1. The quantitative estimate of drug-likeness (QED) is 0.750. The van der Waals surface area contributed by atoms with Crippen LogP contribution in [-0.4, -0.2) is 11.8 Å². The Bertz CT molecular complexity index is 248. The van der Waals surface area contributed by atoms with Crippen molar-refractivity contribution in [1.29, 1.82) is 0 Å². The predicted octanol–water partition coefficient (Wildman–Crippen LogP) is 2.16. The summed E-state index contributed by atoms with van der Waals surface area (Å²) in [5, 5.41) is 6.77. The lowest BCUT2D eigenvalue weighted by molar-refractivity contribution is -0.119. The molecule has 0 unspecified atom stereocenters. The standard InChI is InChI=1S/C8H10ClNOS/c1-6(10-8(11)4-9)7-2-3-12-5-7/h2-3,5-6H,4H2,1H3,(H,10,11)/t6-/m1/s1. The Morgan fingerprint density at radius 1 is 1.83 bits per heavy atom. The van der Waals surface area contributed by atoms with Gasteiger partial charge in [0.25, 0.3) is 0 Å². The topological polar surface area (TPSA) is 29.1 Å². The van der Waals surface area contributed by atoms with Crippen molar-refractivity contribution < 1.29 is 4.79 Å². The number of carbonyl (C=O) groups excluding carboxylic acids is 1. The molecule has 4 heteroatoms. The number of halogens is 1. The van der Waals surface area contributed by atoms with E-state index in [1.165, 1.54) is 0 Å². The molecule has 0 saturated heterocycles. The van der Waals surface area contributed by atoms with Gasteiger partial charge in [-0.2, -0.15) is 11.3 Å². The van der Waals surface area contributed by atoms with Crippen LogP contribution in [0.25, 0.3) is 0 Å². The molecule has 0 bridgehead atoms. The first-order valence-corrected chi connectivity index (χ1v) is 5.09. The van der Waals surface area contributed by atoms with Crippen molar-refractivity contribution in [2.75, 3.05) is 5.88 Å². The zero-order valence-electron chi connectivity index (χ0n) is 6.71. The van der Waals surface area contributed by atoms with Gasteiger partial charge in [0.2, 0.25) is 5.91 Å². The molecule has 0 radical (unpaired) electrons. The second-order valence-corrected chi connectivity index (χ2v) is 3.53.